The first-order valence-corrected chi connectivity index (χ1v) is 14.9. The van der Waals surface area contributed by atoms with Crippen molar-refractivity contribution in [1.29, 1.82) is 0 Å². The zero-order valence-electron chi connectivity index (χ0n) is 21.8. The number of hydrogen-bond acceptors (Lipinski definition) is 6. The van der Waals surface area contributed by atoms with Gasteiger partial charge in [-0.25, -0.2) is 4.90 Å². The van der Waals surface area contributed by atoms with Crippen LogP contribution in [0.3, 0.4) is 0 Å². The molecule has 2 bridgehead atoms. The van der Waals surface area contributed by atoms with Crippen molar-refractivity contribution in [2.24, 2.45) is 17.8 Å². The average Bonchev–Trinajstić information content (AvgIpc) is 3.54. The summed E-state index contributed by atoms with van der Waals surface area (Å²) in [6.07, 6.45) is -0.0103. The molecular weight excluding hydrogens is 673 g/mol. The van der Waals surface area contributed by atoms with E-state index in [0.29, 0.717) is 17.0 Å². The number of allylic oxidation sites excluding steroid dienone is 2. The predicted octanol–water partition coefficient (Wildman–Crippen LogP) is 5.91. The van der Waals surface area contributed by atoms with E-state index in [1.807, 2.05) is 0 Å². The molecule has 14 heteroatoms. The van der Waals surface area contributed by atoms with Gasteiger partial charge < -0.3 is 14.4 Å². The Hall–Kier alpha value is -2.20. The minimum atomic E-state index is -2.03. The lowest BCUT2D eigenvalue weighted by molar-refractivity contribution is -0.139. The fourth-order valence-corrected chi connectivity index (χ4v) is 9.18. The van der Waals surface area contributed by atoms with Gasteiger partial charge in [0.05, 0.1) is 40.6 Å². The van der Waals surface area contributed by atoms with E-state index in [4.69, 9.17) is 79.1 Å². The molecule has 2 aliphatic carbocycles. The molecule has 0 spiro atoms. The Bertz CT molecular complexity index is 1570. The predicted molar refractivity (Wildman–Crippen MR) is 160 cm³/mol. The largest absolute Gasteiger partial charge is 0.497 e. The van der Waals surface area contributed by atoms with Crippen LogP contribution in [0, 0.1) is 24.7 Å². The van der Waals surface area contributed by atoms with Crippen LogP contribution in [0.5, 0.6) is 11.5 Å². The van der Waals surface area contributed by atoms with Crippen molar-refractivity contribution < 1.29 is 28.7 Å². The highest BCUT2D eigenvalue weighted by Crippen LogP contribution is 2.77. The summed E-state index contributed by atoms with van der Waals surface area (Å²) in [5, 5.41) is -0.352. The number of ether oxygens (including phenoxy) is 2. The molecule has 3 fully saturated rings. The van der Waals surface area contributed by atoms with E-state index in [-0.39, 0.29) is 40.4 Å². The van der Waals surface area contributed by atoms with Crippen LogP contribution >= 0.6 is 69.6 Å². The maximum atomic E-state index is 13.7. The number of benzene rings is 2. The maximum Gasteiger partial charge on any atom is 0.316 e. The third kappa shape index (κ3) is 3.75. The van der Waals surface area contributed by atoms with E-state index in [1.54, 1.807) is 38.3 Å². The Morgan fingerprint density at radius 2 is 1.43 bits per heavy atom. The number of esters is 1. The second-order valence-electron chi connectivity index (χ2n) is 10.6. The van der Waals surface area contributed by atoms with Gasteiger partial charge in [-0.15, -0.1) is 23.2 Å². The molecule has 0 N–H and O–H groups in total. The minimum absolute atomic E-state index is 0.0103. The number of nitrogens with zero attached hydrogens (tertiary/aromatic N) is 2. The molecule has 2 aliphatic heterocycles. The van der Waals surface area contributed by atoms with Crippen LogP contribution in [-0.4, -0.2) is 51.4 Å². The van der Waals surface area contributed by atoms with Crippen molar-refractivity contribution in [3.8, 4) is 11.5 Å². The summed E-state index contributed by atoms with van der Waals surface area (Å²) >= 11 is 39.4. The van der Waals surface area contributed by atoms with E-state index in [9.17, 15) is 19.2 Å². The quantitative estimate of drug-likeness (QED) is 0.167. The van der Waals surface area contributed by atoms with Gasteiger partial charge in [-0.1, -0.05) is 46.4 Å². The second-order valence-corrected chi connectivity index (χ2v) is 13.8. The van der Waals surface area contributed by atoms with Crippen LogP contribution in [-0.2, 0) is 19.2 Å². The first-order chi connectivity index (χ1) is 19.7. The number of alkyl halides is 4. The van der Waals surface area contributed by atoms with E-state index < -0.39 is 49.6 Å². The molecule has 5 atom stereocenters. The van der Waals surface area contributed by atoms with Gasteiger partial charge in [0.2, 0.25) is 17.7 Å². The number of carbonyl (C=O) groups excluding carboxylic acids is 4. The number of amides is 3. The normalized spacial score (nSPS) is 31.3. The summed E-state index contributed by atoms with van der Waals surface area (Å²) in [5.74, 6) is -4.57. The van der Waals surface area contributed by atoms with Crippen molar-refractivity contribution >= 4 is 105 Å². The summed E-state index contributed by atoms with van der Waals surface area (Å²) in [6.45, 7) is 1.79. The number of aryl methyl sites for hydroxylation is 1. The molecule has 42 heavy (non-hydrogen) atoms. The van der Waals surface area contributed by atoms with Crippen LogP contribution in [0.2, 0.25) is 0 Å². The van der Waals surface area contributed by atoms with Crippen molar-refractivity contribution in [1.82, 2.24) is 0 Å². The van der Waals surface area contributed by atoms with Crippen LogP contribution < -0.4 is 19.3 Å². The maximum absolute atomic E-state index is 13.7. The Balaban J connectivity index is 1.20. The summed E-state index contributed by atoms with van der Waals surface area (Å²) in [6, 6.07) is 11.4. The van der Waals surface area contributed by atoms with Gasteiger partial charge >= 0.3 is 5.97 Å². The van der Waals surface area contributed by atoms with E-state index in [2.05, 4.69) is 0 Å². The lowest BCUT2D eigenvalue weighted by Gasteiger charge is -2.34. The highest BCUT2D eigenvalue weighted by Gasteiger charge is 2.87. The fraction of sp³-hybridized carbons (Fsp3) is 0.357. The van der Waals surface area contributed by atoms with Gasteiger partial charge in [0.1, 0.15) is 21.2 Å². The van der Waals surface area contributed by atoms with Gasteiger partial charge in [-0.2, -0.15) is 0 Å². The van der Waals surface area contributed by atoms with Crippen molar-refractivity contribution in [2.75, 3.05) is 23.5 Å². The zero-order valence-corrected chi connectivity index (χ0v) is 26.3. The van der Waals surface area contributed by atoms with E-state index >= 15 is 0 Å². The molecule has 2 saturated heterocycles. The van der Waals surface area contributed by atoms with E-state index in [1.165, 1.54) is 23.1 Å². The lowest BCUT2D eigenvalue weighted by atomic mass is 9.84. The van der Waals surface area contributed by atoms with Crippen LogP contribution in [0.1, 0.15) is 12.0 Å². The van der Waals surface area contributed by atoms with Gasteiger partial charge in [-0.3, -0.25) is 19.2 Å². The third-order valence-corrected chi connectivity index (χ3v) is 12.6. The molecule has 2 aromatic carbocycles. The average molecular weight is 693 g/mol. The monoisotopic (exact) mass is 690 g/mol. The number of anilines is 2. The molecule has 8 nitrogen and oxygen atoms in total. The van der Waals surface area contributed by atoms with Crippen LogP contribution in [0.4, 0.5) is 11.4 Å². The van der Waals surface area contributed by atoms with Crippen molar-refractivity contribution in [2.45, 2.75) is 27.4 Å². The minimum Gasteiger partial charge on any atom is -0.497 e. The molecule has 3 amide bonds. The molecule has 0 unspecified atom stereocenters. The van der Waals surface area contributed by atoms with Gasteiger partial charge in [0, 0.05) is 18.7 Å². The highest BCUT2D eigenvalue weighted by molar-refractivity contribution is 6.67. The first-order valence-electron chi connectivity index (χ1n) is 12.7. The smallest absolute Gasteiger partial charge is 0.316 e. The zero-order chi connectivity index (χ0) is 30.5. The lowest BCUT2D eigenvalue weighted by Crippen LogP contribution is -2.50. The number of carbonyl (C=O) groups is 4. The Morgan fingerprint density at radius 3 is 1.95 bits per heavy atom. The number of imide groups is 1. The number of hydrogen-bond donors (Lipinski definition) is 0. The third-order valence-electron chi connectivity index (χ3n) is 8.38. The highest BCUT2D eigenvalue weighted by atomic mass is 35.5. The Labute approximate surface area is 270 Å². The topological polar surface area (TPSA) is 93.2 Å². The Kier molecular flexibility index (Phi) is 7.04. The molecular formula is C28H20Cl6N2O6. The van der Waals surface area contributed by atoms with Gasteiger partial charge in [-0.05, 0) is 55.0 Å². The number of fused-ring (bicyclic) bond motifs is 5. The number of methoxy groups -OCH3 is 1. The van der Waals surface area contributed by atoms with E-state index in [0.717, 1.165) is 4.90 Å². The molecule has 0 aromatic heterocycles. The molecule has 0 radical (unpaired) electrons. The molecule has 2 aromatic rings. The van der Waals surface area contributed by atoms with Crippen LogP contribution in [0.15, 0.2) is 52.5 Å². The van der Waals surface area contributed by atoms with Gasteiger partial charge in [0.15, 0.2) is 4.33 Å². The summed E-state index contributed by atoms with van der Waals surface area (Å²) in [4.78, 5) is 51.6. The molecule has 4 aliphatic rings. The number of halogens is 6. The fourth-order valence-electron chi connectivity index (χ4n) is 6.25. The second kappa shape index (κ2) is 9.91. The standard InChI is InChI=1S/C28H20Cl6N2O6/c1-12-9-16(42-25(40)13-10-18(37)35(11-13)14-3-5-15(41-2)6-4-14)7-8-17(12)36-23(38)19-20(24(36)39)27(32)22(30)21(29)26(19,31)28(27,33)34/h3-9,13,19-20H,10-11H2,1-2H3/t13-,19-,20-,26-,27-/m1/s1. The molecule has 220 valence electrons. The first kappa shape index (κ1) is 29.9. The molecule has 6 rings (SSSR count). The summed E-state index contributed by atoms with van der Waals surface area (Å²) in [7, 11) is 1.55. The van der Waals surface area contributed by atoms with Gasteiger partial charge in [0.25, 0.3) is 0 Å². The van der Waals surface area contributed by atoms with Crippen LogP contribution in [0.25, 0.3) is 0 Å². The molecule has 1 saturated carbocycles. The van der Waals surface area contributed by atoms with Crippen molar-refractivity contribution in [3.63, 3.8) is 0 Å². The SMILES string of the molecule is COc1ccc(N2C[C@H](C(=O)Oc3ccc(N4C(=O)[C@H]5[C@H](C4=O)[C@@]4(Cl)C(Cl)=C(Cl)[C@@]5(Cl)C4(Cl)Cl)c(C)c3)CC2=O)cc1. The summed E-state index contributed by atoms with van der Waals surface area (Å²) in [5.41, 5.74) is 1.31. The summed E-state index contributed by atoms with van der Waals surface area (Å²) < 4.78 is 8.71. The molecule has 2 heterocycles. The Morgan fingerprint density at radius 1 is 0.881 bits per heavy atom. The number of rotatable bonds is 5. The van der Waals surface area contributed by atoms with Crippen molar-refractivity contribution in [3.05, 3.63) is 58.1 Å².